The average Bonchev–Trinajstić information content (AvgIpc) is 2.72. The Hall–Kier alpha value is -2.10. The highest BCUT2D eigenvalue weighted by atomic mass is 16.1. The third-order valence-electron chi connectivity index (χ3n) is 3.00. The van der Waals surface area contributed by atoms with Crippen molar-refractivity contribution in [2.24, 2.45) is 0 Å². The van der Waals surface area contributed by atoms with Gasteiger partial charge in [-0.3, -0.25) is 9.89 Å². The van der Waals surface area contributed by atoms with Crippen molar-refractivity contribution in [2.75, 3.05) is 0 Å². The molecule has 4 nitrogen and oxygen atoms in total. The molecule has 1 heterocycles. The molecule has 94 valence electrons. The lowest BCUT2D eigenvalue weighted by Crippen LogP contribution is -2.23. The molecule has 0 aliphatic rings. The van der Waals surface area contributed by atoms with E-state index in [4.69, 9.17) is 0 Å². The lowest BCUT2D eigenvalue weighted by Gasteiger charge is -2.08. The van der Waals surface area contributed by atoms with E-state index in [1.54, 1.807) is 6.20 Å². The molecule has 0 radical (unpaired) electrons. The van der Waals surface area contributed by atoms with Crippen LogP contribution < -0.4 is 5.32 Å². The van der Waals surface area contributed by atoms with Gasteiger partial charge in [-0.25, -0.2) is 0 Å². The van der Waals surface area contributed by atoms with Crippen LogP contribution in [0.4, 0.5) is 0 Å². The fourth-order valence-corrected chi connectivity index (χ4v) is 1.89. The average molecular weight is 243 g/mol. The number of hydrogen-bond donors (Lipinski definition) is 2. The van der Waals surface area contributed by atoms with Crippen LogP contribution in [0, 0.1) is 20.8 Å². The second-order valence-corrected chi connectivity index (χ2v) is 4.52. The molecule has 0 spiro atoms. The quantitative estimate of drug-likeness (QED) is 0.868. The molecule has 4 heteroatoms. The standard InChI is InChI=1S/C14H17N3O/c1-9-4-5-13(10(2)6-9)14(18)15-7-12-8-16-17-11(12)3/h4-6,8H,7H2,1-3H3,(H,15,18)(H,16,17). The van der Waals surface area contributed by atoms with Crippen molar-refractivity contribution >= 4 is 5.91 Å². The molecule has 1 amide bonds. The maximum Gasteiger partial charge on any atom is 0.251 e. The zero-order chi connectivity index (χ0) is 13.1. The molecule has 0 unspecified atom stereocenters. The van der Waals surface area contributed by atoms with E-state index in [1.165, 1.54) is 0 Å². The predicted molar refractivity (Wildman–Crippen MR) is 70.4 cm³/mol. The zero-order valence-corrected chi connectivity index (χ0v) is 10.9. The number of carbonyl (C=O) groups is 1. The van der Waals surface area contributed by atoms with Gasteiger partial charge in [0, 0.05) is 23.4 Å². The third-order valence-corrected chi connectivity index (χ3v) is 3.00. The van der Waals surface area contributed by atoms with Gasteiger partial charge in [0.05, 0.1) is 6.20 Å². The van der Waals surface area contributed by atoms with E-state index < -0.39 is 0 Å². The molecule has 0 saturated heterocycles. The Balaban J connectivity index is 2.06. The normalized spacial score (nSPS) is 10.4. The first-order chi connectivity index (χ1) is 8.58. The molecule has 2 N–H and O–H groups in total. The summed E-state index contributed by atoms with van der Waals surface area (Å²) in [5, 5.41) is 9.68. The smallest absolute Gasteiger partial charge is 0.251 e. The van der Waals surface area contributed by atoms with Gasteiger partial charge in [-0.05, 0) is 32.4 Å². The van der Waals surface area contributed by atoms with Crippen LogP contribution in [0.15, 0.2) is 24.4 Å². The molecule has 0 aliphatic heterocycles. The van der Waals surface area contributed by atoms with Gasteiger partial charge < -0.3 is 5.32 Å². The van der Waals surface area contributed by atoms with Gasteiger partial charge in [0.15, 0.2) is 0 Å². The molecule has 0 aliphatic carbocycles. The van der Waals surface area contributed by atoms with E-state index >= 15 is 0 Å². The summed E-state index contributed by atoms with van der Waals surface area (Å²) in [5.74, 6) is -0.0481. The van der Waals surface area contributed by atoms with Crippen molar-refractivity contribution in [1.82, 2.24) is 15.5 Å². The van der Waals surface area contributed by atoms with E-state index in [9.17, 15) is 4.79 Å². The van der Waals surface area contributed by atoms with Gasteiger partial charge in [0.1, 0.15) is 0 Å². The molecule has 1 aromatic heterocycles. The largest absolute Gasteiger partial charge is 0.348 e. The van der Waals surface area contributed by atoms with Crippen LogP contribution in [0.2, 0.25) is 0 Å². The second kappa shape index (κ2) is 5.04. The van der Waals surface area contributed by atoms with Gasteiger partial charge in [0.25, 0.3) is 5.91 Å². The van der Waals surface area contributed by atoms with E-state index in [2.05, 4.69) is 15.5 Å². The maximum atomic E-state index is 12.0. The Morgan fingerprint density at radius 2 is 2.11 bits per heavy atom. The molecule has 0 atom stereocenters. The molecule has 0 saturated carbocycles. The number of H-pyrrole nitrogens is 1. The first-order valence-electron chi connectivity index (χ1n) is 5.92. The highest BCUT2D eigenvalue weighted by molar-refractivity contribution is 5.95. The number of amides is 1. The third kappa shape index (κ3) is 2.59. The van der Waals surface area contributed by atoms with Gasteiger partial charge in [0.2, 0.25) is 0 Å². The van der Waals surface area contributed by atoms with Gasteiger partial charge in [-0.15, -0.1) is 0 Å². The number of hydrogen-bond acceptors (Lipinski definition) is 2. The molecule has 0 fully saturated rings. The minimum atomic E-state index is -0.0481. The van der Waals surface area contributed by atoms with Gasteiger partial charge in [-0.1, -0.05) is 17.7 Å². The first-order valence-corrected chi connectivity index (χ1v) is 5.92. The summed E-state index contributed by atoms with van der Waals surface area (Å²) in [6.45, 7) is 6.40. The van der Waals surface area contributed by atoms with Crippen LogP contribution in [0.25, 0.3) is 0 Å². The topological polar surface area (TPSA) is 57.8 Å². The van der Waals surface area contributed by atoms with Crippen molar-refractivity contribution in [3.05, 3.63) is 52.3 Å². The van der Waals surface area contributed by atoms with Gasteiger partial charge >= 0.3 is 0 Å². The molecule has 0 bridgehead atoms. The summed E-state index contributed by atoms with van der Waals surface area (Å²) in [6.07, 6.45) is 1.73. The maximum absolute atomic E-state index is 12.0. The number of aromatic nitrogens is 2. The van der Waals surface area contributed by atoms with Gasteiger partial charge in [-0.2, -0.15) is 5.10 Å². The summed E-state index contributed by atoms with van der Waals surface area (Å²) >= 11 is 0. The number of aryl methyl sites for hydroxylation is 3. The Labute approximate surface area is 106 Å². The Bertz CT molecular complexity index is 572. The number of nitrogens with zero attached hydrogens (tertiary/aromatic N) is 1. The summed E-state index contributed by atoms with van der Waals surface area (Å²) in [5.41, 5.74) is 4.87. The minimum Gasteiger partial charge on any atom is -0.348 e. The Morgan fingerprint density at radius 1 is 1.33 bits per heavy atom. The highest BCUT2D eigenvalue weighted by Crippen LogP contribution is 2.11. The zero-order valence-electron chi connectivity index (χ0n) is 10.9. The summed E-state index contributed by atoms with van der Waals surface area (Å²) in [4.78, 5) is 12.0. The number of rotatable bonds is 3. The van der Waals surface area contributed by atoms with Crippen molar-refractivity contribution in [1.29, 1.82) is 0 Å². The Kier molecular flexibility index (Phi) is 3.46. The highest BCUT2D eigenvalue weighted by Gasteiger charge is 2.09. The van der Waals surface area contributed by atoms with Crippen LogP contribution >= 0.6 is 0 Å². The lowest BCUT2D eigenvalue weighted by atomic mass is 10.1. The van der Waals surface area contributed by atoms with Crippen molar-refractivity contribution in [2.45, 2.75) is 27.3 Å². The molecular weight excluding hydrogens is 226 g/mol. The van der Waals surface area contributed by atoms with Crippen molar-refractivity contribution in [3.8, 4) is 0 Å². The monoisotopic (exact) mass is 243 g/mol. The molecule has 1 aromatic carbocycles. The minimum absolute atomic E-state index is 0.0481. The van der Waals surface area contributed by atoms with Crippen molar-refractivity contribution < 1.29 is 4.79 Å². The summed E-state index contributed by atoms with van der Waals surface area (Å²) in [6, 6.07) is 5.82. The number of carbonyl (C=O) groups excluding carboxylic acids is 1. The number of nitrogens with one attached hydrogen (secondary N) is 2. The summed E-state index contributed by atoms with van der Waals surface area (Å²) < 4.78 is 0. The van der Waals surface area contributed by atoms with Crippen LogP contribution in [0.1, 0.15) is 32.7 Å². The van der Waals surface area contributed by atoms with E-state index in [-0.39, 0.29) is 5.91 Å². The fourth-order valence-electron chi connectivity index (χ4n) is 1.89. The predicted octanol–water partition coefficient (Wildman–Crippen LogP) is 2.26. The van der Waals surface area contributed by atoms with Crippen LogP contribution in [0.5, 0.6) is 0 Å². The molecule has 2 aromatic rings. The van der Waals surface area contributed by atoms with E-state index in [0.29, 0.717) is 6.54 Å². The fraction of sp³-hybridized carbons (Fsp3) is 0.286. The second-order valence-electron chi connectivity index (χ2n) is 4.52. The van der Waals surface area contributed by atoms with Crippen molar-refractivity contribution in [3.63, 3.8) is 0 Å². The van der Waals surface area contributed by atoms with Crippen LogP contribution in [-0.2, 0) is 6.54 Å². The SMILES string of the molecule is Cc1ccc(C(=O)NCc2cn[nH]c2C)c(C)c1. The first kappa shape index (κ1) is 12.4. The van der Waals surface area contributed by atoms with E-state index in [1.807, 2.05) is 39.0 Å². The molecule has 2 rings (SSSR count). The van der Waals surface area contributed by atoms with E-state index in [0.717, 1.165) is 27.9 Å². The number of aromatic amines is 1. The Morgan fingerprint density at radius 3 is 2.72 bits per heavy atom. The molecular formula is C14H17N3O. The summed E-state index contributed by atoms with van der Waals surface area (Å²) in [7, 11) is 0. The number of benzene rings is 1. The lowest BCUT2D eigenvalue weighted by molar-refractivity contribution is 0.0950. The van der Waals surface area contributed by atoms with Crippen LogP contribution in [0.3, 0.4) is 0 Å². The van der Waals surface area contributed by atoms with Crippen LogP contribution in [-0.4, -0.2) is 16.1 Å². The molecule has 18 heavy (non-hydrogen) atoms.